The van der Waals surface area contributed by atoms with Gasteiger partial charge in [0.25, 0.3) is 0 Å². The van der Waals surface area contributed by atoms with E-state index in [0.717, 1.165) is 23.8 Å². The number of hydrogen-bond acceptors (Lipinski definition) is 1. The summed E-state index contributed by atoms with van der Waals surface area (Å²) in [6, 6.07) is 5.07. The summed E-state index contributed by atoms with van der Waals surface area (Å²) in [6.07, 6.45) is 4.59. The topological polar surface area (TPSA) is 26.0 Å². The Balaban J connectivity index is 1.83. The summed E-state index contributed by atoms with van der Waals surface area (Å²) >= 11 is 6.02. The van der Waals surface area contributed by atoms with Crippen molar-refractivity contribution in [1.29, 1.82) is 0 Å². The minimum absolute atomic E-state index is 0.172. The summed E-state index contributed by atoms with van der Waals surface area (Å²) in [5, 5.41) is 0.279. The molecule has 2 unspecified atom stereocenters. The Hall–Kier alpha value is -0.600. The zero-order valence-electron chi connectivity index (χ0n) is 9.76. The van der Waals surface area contributed by atoms with Gasteiger partial charge in [0, 0.05) is 0 Å². The standard InChI is InChI=1S/C14H17ClFN/c15-13-9(2-1-3-12(13)16)5-14(8-17)6-10-4-11(10)7-14/h1-3,10-11H,4-8,17H2. The van der Waals surface area contributed by atoms with Crippen molar-refractivity contribution in [2.45, 2.75) is 25.7 Å². The molecule has 3 rings (SSSR count). The third-order valence-corrected chi connectivity index (χ3v) is 4.91. The summed E-state index contributed by atoms with van der Waals surface area (Å²) < 4.78 is 13.4. The zero-order valence-corrected chi connectivity index (χ0v) is 10.5. The van der Waals surface area contributed by atoms with E-state index in [2.05, 4.69) is 0 Å². The van der Waals surface area contributed by atoms with E-state index >= 15 is 0 Å². The second-order valence-electron chi connectivity index (χ2n) is 5.76. The fraction of sp³-hybridized carbons (Fsp3) is 0.571. The third-order valence-electron chi connectivity index (χ3n) is 4.49. The zero-order chi connectivity index (χ0) is 12.0. The molecule has 17 heavy (non-hydrogen) atoms. The largest absolute Gasteiger partial charge is 0.330 e. The first-order valence-corrected chi connectivity index (χ1v) is 6.64. The molecule has 0 aliphatic heterocycles. The summed E-state index contributed by atoms with van der Waals surface area (Å²) in [6.45, 7) is 0.687. The molecule has 0 saturated heterocycles. The summed E-state index contributed by atoms with van der Waals surface area (Å²) in [5.74, 6) is 1.44. The van der Waals surface area contributed by atoms with Gasteiger partial charge in [0.15, 0.2) is 0 Å². The van der Waals surface area contributed by atoms with Crippen molar-refractivity contribution in [3.05, 3.63) is 34.6 Å². The van der Waals surface area contributed by atoms with Crippen molar-refractivity contribution in [2.24, 2.45) is 23.0 Å². The molecular weight excluding hydrogens is 237 g/mol. The van der Waals surface area contributed by atoms with Crippen molar-refractivity contribution in [2.75, 3.05) is 6.54 Å². The van der Waals surface area contributed by atoms with Crippen molar-refractivity contribution in [3.8, 4) is 0 Å². The van der Waals surface area contributed by atoms with Crippen LogP contribution >= 0.6 is 11.6 Å². The molecule has 2 atom stereocenters. The molecule has 0 bridgehead atoms. The van der Waals surface area contributed by atoms with Crippen LogP contribution in [0.5, 0.6) is 0 Å². The molecule has 0 heterocycles. The maximum atomic E-state index is 13.4. The van der Waals surface area contributed by atoms with Crippen LogP contribution in [0.4, 0.5) is 4.39 Å². The maximum Gasteiger partial charge on any atom is 0.142 e. The molecule has 0 aromatic heterocycles. The van der Waals surface area contributed by atoms with Crippen molar-refractivity contribution >= 4 is 11.6 Å². The Morgan fingerprint density at radius 2 is 2.06 bits per heavy atom. The predicted octanol–water partition coefficient (Wildman–Crippen LogP) is 3.40. The first-order valence-electron chi connectivity index (χ1n) is 6.26. The van der Waals surface area contributed by atoms with Crippen molar-refractivity contribution in [1.82, 2.24) is 0 Å². The lowest BCUT2D eigenvalue weighted by Gasteiger charge is -2.29. The van der Waals surface area contributed by atoms with Gasteiger partial charge >= 0.3 is 0 Å². The van der Waals surface area contributed by atoms with Gasteiger partial charge in [-0.15, -0.1) is 0 Å². The molecule has 1 aromatic rings. The molecule has 2 fully saturated rings. The lowest BCUT2D eigenvalue weighted by Crippen LogP contribution is -2.31. The van der Waals surface area contributed by atoms with Crippen LogP contribution in [0.25, 0.3) is 0 Å². The van der Waals surface area contributed by atoms with Crippen molar-refractivity contribution in [3.63, 3.8) is 0 Å². The maximum absolute atomic E-state index is 13.4. The van der Waals surface area contributed by atoms with Gasteiger partial charge in [0.05, 0.1) is 5.02 Å². The van der Waals surface area contributed by atoms with Gasteiger partial charge < -0.3 is 5.73 Å². The van der Waals surface area contributed by atoms with Gasteiger partial charge in [-0.25, -0.2) is 4.39 Å². The fourth-order valence-corrected chi connectivity index (χ4v) is 3.67. The fourth-order valence-electron chi connectivity index (χ4n) is 3.48. The molecule has 0 amide bonds. The normalized spacial score (nSPS) is 34.8. The Labute approximate surface area is 106 Å². The number of halogens is 2. The average molecular weight is 254 g/mol. The van der Waals surface area contributed by atoms with Crippen LogP contribution in [-0.4, -0.2) is 6.54 Å². The van der Waals surface area contributed by atoms with Crippen LogP contribution in [0.3, 0.4) is 0 Å². The van der Waals surface area contributed by atoms with Crippen LogP contribution in [0.15, 0.2) is 18.2 Å². The second-order valence-corrected chi connectivity index (χ2v) is 6.14. The van der Waals surface area contributed by atoms with E-state index < -0.39 is 0 Å². The Morgan fingerprint density at radius 1 is 1.35 bits per heavy atom. The van der Waals surface area contributed by atoms with Gasteiger partial charge in [-0.3, -0.25) is 0 Å². The Bertz CT molecular complexity index is 436. The highest BCUT2D eigenvalue weighted by molar-refractivity contribution is 6.31. The lowest BCUT2D eigenvalue weighted by molar-refractivity contribution is 0.273. The highest BCUT2D eigenvalue weighted by atomic mass is 35.5. The molecule has 92 valence electrons. The summed E-state index contributed by atoms with van der Waals surface area (Å²) in [7, 11) is 0. The van der Waals surface area contributed by atoms with Crippen LogP contribution in [-0.2, 0) is 6.42 Å². The van der Waals surface area contributed by atoms with E-state index in [4.69, 9.17) is 17.3 Å². The quantitative estimate of drug-likeness (QED) is 0.878. The minimum atomic E-state index is -0.320. The minimum Gasteiger partial charge on any atom is -0.330 e. The van der Waals surface area contributed by atoms with Crippen LogP contribution in [0.2, 0.25) is 5.02 Å². The van der Waals surface area contributed by atoms with E-state index in [1.807, 2.05) is 6.07 Å². The first-order chi connectivity index (χ1) is 8.13. The van der Waals surface area contributed by atoms with E-state index in [-0.39, 0.29) is 16.3 Å². The molecule has 0 spiro atoms. The molecule has 1 aromatic carbocycles. The van der Waals surface area contributed by atoms with Crippen molar-refractivity contribution < 1.29 is 4.39 Å². The molecule has 0 radical (unpaired) electrons. The number of fused-ring (bicyclic) bond motifs is 1. The monoisotopic (exact) mass is 253 g/mol. The van der Waals surface area contributed by atoms with E-state index in [1.54, 1.807) is 6.07 Å². The molecule has 2 N–H and O–H groups in total. The number of nitrogens with two attached hydrogens (primary N) is 1. The molecule has 1 nitrogen and oxygen atoms in total. The first kappa shape index (κ1) is 11.5. The third kappa shape index (κ3) is 1.98. The van der Waals surface area contributed by atoms with Gasteiger partial charge in [-0.2, -0.15) is 0 Å². The molecule has 2 aliphatic rings. The molecular formula is C14H17ClFN. The van der Waals surface area contributed by atoms with Gasteiger partial charge in [0.2, 0.25) is 0 Å². The average Bonchev–Trinajstić information content (AvgIpc) is 2.94. The molecule has 2 aliphatic carbocycles. The van der Waals surface area contributed by atoms with E-state index in [0.29, 0.717) is 6.54 Å². The highest BCUT2D eigenvalue weighted by Gasteiger charge is 2.52. The van der Waals surface area contributed by atoms with Crippen LogP contribution in [0.1, 0.15) is 24.8 Å². The predicted molar refractivity (Wildman–Crippen MR) is 67.4 cm³/mol. The Morgan fingerprint density at radius 3 is 2.71 bits per heavy atom. The summed E-state index contributed by atoms with van der Waals surface area (Å²) in [4.78, 5) is 0. The van der Waals surface area contributed by atoms with Gasteiger partial charge in [0.1, 0.15) is 5.82 Å². The second kappa shape index (κ2) is 3.96. The van der Waals surface area contributed by atoms with Gasteiger partial charge in [-0.1, -0.05) is 23.7 Å². The van der Waals surface area contributed by atoms with E-state index in [9.17, 15) is 4.39 Å². The molecule has 3 heteroatoms. The lowest BCUT2D eigenvalue weighted by atomic mass is 9.77. The molecule has 2 saturated carbocycles. The SMILES string of the molecule is NCC1(Cc2cccc(F)c2Cl)CC2CC2C1. The van der Waals surface area contributed by atoms with Crippen LogP contribution in [0, 0.1) is 23.1 Å². The van der Waals surface area contributed by atoms with Gasteiger partial charge in [-0.05, 0) is 61.1 Å². The highest BCUT2D eigenvalue weighted by Crippen LogP contribution is 2.60. The number of rotatable bonds is 3. The summed E-state index contributed by atoms with van der Waals surface area (Å²) in [5.41, 5.74) is 7.04. The number of hydrogen-bond donors (Lipinski definition) is 1. The van der Waals surface area contributed by atoms with E-state index in [1.165, 1.54) is 25.3 Å². The number of benzene rings is 1. The smallest absolute Gasteiger partial charge is 0.142 e. The Kier molecular flexibility index (Phi) is 2.68. The van der Waals surface area contributed by atoms with Crippen LogP contribution < -0.4 is 5.73 Å².